The van der Waals surface area contributed by atoms with Gasteiger partial charge in [-0.2, -0.15) is 5.10 Å². The summed E-state index contributed by atoms with van der Waals surface area (Å²) in [6.45, 7) is 3.67. The van der Waals surface area contributed by atoms with Crippen molar-refractivity contribution in [2.45, 2.75) is 20.0 Å². The smallest absolute Gasteiger partial charge is 0.119 e. The first-order chi connectivity index (χ1) is 11.7. The normalized spacial score (nSPS) is 11.0. The molecule has 5 nitrogen and oxygen atoms in total. The predicted octanol–water partition coefficient (Wildman–Crippen LogP) is 3.22. The molecule has 0 atom stereocenters. The Labute approximate surface area is 142 Å². The van der Waals surface area contributed by atoms with Crippen LogP contribution in [0.15, 0.2) is 55.0 Å². The van der Waals surface area contributed by atoms with E-state index in [2.05, 4.69) is 41.1 Å². The Hall–Kier alpha value is -2.66. The molecule has 2 heterocycles. The lowest BCUT2D eigenvalue weighted by molar-refractivity contribution is 0.313. The summed E-state index contributed by atoms with van der Waals surface area (Å²) in [6.07, 6.45) is 5.58. The highest BCUT2D eigenvalue weighted by molar-refractivity contribution is 5.45. The molecule has 0 unspecified atom stereocenters. The molecule has 0 bridgehead atoms. The lowest BCUT2D eigenvalue weighted by Crippen LogP contribution is -2.20. The van der Waals surface area contributed by atoms with Gasteiger partial charge in [0.1, 0.15) is 5.75 Å². The van der Waals surface area contributed by atoms with Crippen molar-refractivity contribution in [2.24, 2.45) is 0 Å². The number of pyridine rings is 1. The molecule has 124 valence electrons. The first kappa shape index (κ1) is 16.2. The van der Waals surface area contributed by atoms with Gasteiger partial charge in [0.05, 0.1) is 18.5 Å². The highest BCUT2D eigenvalue weighted by atomic mass is 16.5. The Morgan fingerprint density at radius 2 is 2.00 bits per heavy atom. The van der Waals surface area contributed by atoms with E-state index < -0.39 is 0 Å². The lowest BCUT2D eigenvalue weighted by Gasteiger charge is -2.20. The highest BCUT2D eigenvalue weighted by Crippen LogP contribution is 2.22. The zero-order valence-electron chi connectivity index (χ0n) is 14.3. The molecule has 0 aliphatic heterocycles. The third-order valence-electron chi connectivity index (χ3n) is 4.02. The van der Waals surface area contributed by atoms with Gasteiger partial charge in [-0.05, 0) is 55.4 Å². The van der Waals surface area contributed by atoms with E-state index in [4.69, 9.17) is 4.74 Å². The van der Waals surface area contributed by atoms with E-state index in [0.29, 0.717) is 0 Å². The molecule has 0 N–H and O–H groups in total. The molecular formula is C19H22N4O. The average molecular weight is 322 g/mol. The number of aromatic nitrogens is 3. The fourth-order valence-electron chi connectivity index (χ4n) is 2.74. The number of rotatable bonds is 6. The minimum atomic E-state index is 0.780. The summed E-state index contributed by atoms with van der Waals surface area (Å²) in [7, 11) is 3.79. The van der Waals surface area contributed by atoms with E-state index in [0.717, 1.165) is 35.8 Å². The number of benzene rings is 1. The Morgan fingerprint density at radius 3 is 2.71 bits per heavy atom. The minimum Gasteiger partial charge on any atom is -0.497 e. The van der Waals surface area contributed by atoms with E-state index in [-0.39, 0.29) is 0 Å². The molecule has 2 aromatic heterocycles. The molecule has 3 rings (SSSR count). The van der Waals surface area contributed by atoms with Crippen LogP contribution in [0.3, 0.4) is 0 Å². The monoisotopic (exact) mass is 322 g/mol. The second-order valence-corrected chi connectivity index (χ2v) is 5.88. The maximum Gasteiger partial charge on any atom is 0.119 e. The number of hydrogen-bond acceptors (Lipinski definition) is 4. The van der Waals surface area contributed by atoms with Gasteiger partial charge < -0.3 is 4.74 Å². The van der Waals surface area contributed by atoms with Crippen LogP contribution in [0, 0.1) is 6.92 Å². The van der Waals surface area contributed by atoms with Crippen LogP contribution in [-0.4, -0.2) is 33.8 Å². The maximum atomic E-state index is 5.39. The molecule has 5 heteroatoms. The Morgan fingerprint density at radius 1 is 1.12 bits per heavy atom. The van der Waals surface area contributed by atoms with Gasteiger partial charge in [-0.3, -0.25) is 9.88 Å². The number of aryl methyl sites for hydroxylation is 1. The van der Waals surface area contributed by atoms with Gasteiger partial charge >= 0.3 is 0 Å². The Kier molecular flexibility index (Phi) is 4.91. The predicted molar refractivity (Wildman–Crippen MR) is 94.3 cm³/mol. The number of nitrogens with zero attached hydrogens (tertiary/aromatic N) is 4. The summed E-state index contributed by atoms with van der Waals surface area (Å²) >= 11 is 0. The van der Waals surface area contributed by atoms with Crippen LogP contribution in [0.25, 0.3) is 5.69 Å². The van der Waals surface area contributed by atoms with Crippen LogP contribution in [0.1, 0.15) is 16.8 Å². The summed E-state index contributed by atoms with van der Waals surface area (Å²) in [5, 5.41) is 4.35. The summed E-state index contributed by atoms with van der Waals surface area (Å²) in [6, 6.07) is 12.1. The second-order valence-electron chi connectivity index (χ2n) is 5.88. The first-order valence-electron chi connectivity index (χ1n) is 7.93. The minimum absolute atomic E-state index is 0.780. The van der Waals surface area contributed by atoms with Crippen molar-refractivity contribution in [1.82, 2.24) is 19.7 Å². The van der Waals surface area contributed by atoms with Crippen molar-refractivity contribution < 1.29 is 4.74 Å². The maximum absolute atomic E-state index is 5.39. The topological polar surface area (TPSA) is 43.2 Å². The zero-order chi connectivity index (χ0) is 16.9. The molecule has 0 aliphatic carbocycles. The molecule has 24 heavy (non-hydrogen) atoms. The molecular weight excluding hydrogens is 300 g/mol. The van der Waals surface area contributed by atoms with Crippen molar-refractivity contribution >= 4 is 0 Å². The van der Waals surface area contributed by atoms with E-state index >= 15 is 0 Å². The lowest BCUT2D eigenvalue weighted by atomic mass is 10.1. The third-order valence-corrected chi connectivity index (χ3v) is 4.02. The summed E-state index contributed by atoms with van der Waals surface area (Å²) in [4.78, 5) is 6.73. The van der Waals surface area contributed by atoms with Gasteiger partial charge in [0.25, 0.3) is 0 Å². The molecule has 0 radical (unpaired) electrons. The quantitative estimate of drug-likeness (QED) is 0.699. The van der Waals surface area contributed by atoms with Gasteiger partial charge in [-0.25, -0.2) is 4.68 Å². The van der Waals surface area contributed by atoms with Crippen molar-refractivity contribution in [1.29, 1.82) is 0 Å². The summed E-state index contributed by atoms with van der Waals surface area (Å²) < 4.78 is 7.27. The van der Waals surface area contributed by atoms with Gasteiger partial charge in [-0.1, -0.05) is 6.07 Å². The average Bonchev–Trinajstić information content (AvgIpc) is 3.11. The molecule has 0 saturated carbocycles. The number of hydrogen-bond donors (Lipinski definition) is 0. The van der Waals surface area contributed by atoms with Crippen molar-refractivity contribution in [3.8, 4) is 11.4 Å². The van der Waals surface area contributed by atoms with Crippen LogP contribution < -0.4 is 4.74 Å². The SMILES string of the molecule is COc1ccc(-n2cccn2)c(CN(C)Cc2ncccc2C)c1. The fourth-order valence-corrected chi connectivity index (χ4v) is 2.74. The molecule has 3 aromatic rings. The van der Waals surface area contributed by atoms with E-state index in [9.17, 15) is 0 Å². The molecule has 1 aromatic carbocycles. The number of ether oxygens (including phenoxy) is 1. The van der Waals surface area contributed by atoms with Crippen molar-refractivity contribution in [3.05, 3.63) is 71.8 Å². The van der Waals surface area contributed by atoms with Gasteiger partial charge in [0.2, 0.25) is 0 Å². The van der Waals surface area contributed by atoms with Crippen LogP contribution in [0.2, 0.25) is 0 Å². The van der Waals surface area contributed by atoms with E-state index in [1.54, 1.807) is 13.3 Å². The Bertz CT molecular complexity index is 799. The fraction of sp³-hybridized carbons (Fsp3) is 0.263. The van der Waals surface area contributed by atoms with Crippen LogP contribution in [0.5, 0.6) is 5.75 Å². The molecule has 0 spiro atoms. The highest BCUT2D eigenvalue weighted by Gasteiger charge is 2.11. The van der Waals surface area contributed by atoms with Gasteiger partial charge in [0, 0.05) is 31.7 Å². The molecule has 0 aliphatic rings. The Balaban J connectivity index is 1.84. The first-order valence-corrected chi connectivity index (χ1v) is 7.93. The molecule has 0 saturated heterocycles. The van der Waals surface area contributed by atoms with Crippen molar-refractivity contribution in [2.75, 3.05) is 14.2 Å². The standard InChI is InChI=1S/C19H22N4O/c1-15-6-4-9-20-18(15)14-22(2)13-16-12-17(24-3)7-8-19(16)23-11-5-10-21-23/h4-12H,13-14H2,1-3H3. The number of methoxy groups -OCH3 is 1. The third kappa shape index (κ3) is 3.63. The summed E-state index contributed by atoms with van der Waals surface area (Å²) in [5.41, 5.74) is 4.53. The van der Waals surface area contributed by atoms with Crippen LogP contribution in [-0.2, 0) is 13.1 Å². The van der Waals surface area contributed by atoms with E-state index in [1.165, 1.54) is 5.56 Å². The molecule has 0 amide bonds. The van der Waals surface area contributed by atoms with Crippen molar-refractivity contribution in [3.63, 3.8) is 0 Å². The van der Waals surface area contributed by atoms with Gasteiger partial charge in [-0.15, -0.1) is 0 Å². The van der Waals surface area contributed by atoms with Crippen LogP contribution >= 0.6 is 0 Å². The van der Waals surface area contributed by atoms with Crippen LogP contribution in [0.4, 0.5) is 0 Å². The van der Waals surface area contributed by atoms with Gasteiger partial charge in [0.15, 0.2) is 0 Å². The zero-order valence-corrected chi connectivity index (χ0v) is 14.3. The van der Waals surface area contributed by atoms with E-state index in [1.807, 2.05) is 41.3 Å². The largest absolute Gasteiger partial charge is 0.497 e. The summed E-state index contributed by atoms with van der Waals surface area (Å²) in [5.74, 6) is 0.850. The second kappa shape index (κ2) is 7.27. The molecule has 0 fully saturated rings.